The van der Waals surface area contributed by atoms with Gasteiger partial charge in [-0.3, -0.25) is 9.89 Å². The third-order valence-corrected chi connectivity index (χ3v) is 5.79. The van der Waals surface area contributed by atoms with E-state index in [1.165, 1.54) is 23.7 Å². The average molecular weight is 330 g/mol. The van der Waals surface area contributed by atoms with Gasteiger partial charge in [-0.2, -0.15) is 5.10 Å². The Hall–Kier alpha value is -2.28. The topological polar surface area (TPSA) is 70.7 Å². The number of carbonyl (C=O) groups is 1. The fraction of sp³-hybridized carbons (Fsp3) is 0.312. The third kappa shape index (κ3) is 2.15. The lowest BCUT2D eigenvalue weighted by Gasteiger charge is -2.40. The molecule has 1 fully saturated rings. The van der Waals surface area contributed by atoms with Crippen LogP contribution in [0.1, 0.15) is 40.3 Å². The maximum Gasteiger partial charge on any atom is 0.262 e. The van der Waals surface area contributed by atoms with Crippen LogP contribution in [0.15, 0.2) is 24.5 Å². The van der Waals surface area contributed by atoms with Crippen molar-refractivity contribution in [1.29, 1.82) is 0 Å². The van der Waals surface area contributed by atoms with Gasteiger partial charge in [0, 0.05) is 10.1 Å². The molecular formula is C16H15FN4OS. The van der Waals surface area contributed by atoms with Crippen LogP contribution in [0.3, 0.4) is 0 Å². The molecule has 7 heteroatoms. The molecule has 2 heterocycles. The summed E-state index contributed by atoms with van der Waals surface area (Å²) in [6.45, 7) is 1.79. The zero-order valence-corrected chi connectivity index (χ0v) is 13.3. The molecule has 0 spiro atoms. The van der Waals surface area contributed by atoms with Crippen LogP contribution in [-0.2, 0) is 5.54 Å². The minimum absolute atomic E-state index is 0.181. The molecule has 118 valence electrons. The van der Waals surface area contributed by atoms with Crippen LogP contribution in [0, 0.1) is 12.7 Å². The molecule has 0 aliphatic heterocycles. The number of halogens is 1. The summed E-state index contributed by atoms with van der Waals surface area (Å²) in [6.07, 6.45) is 4.13. The second-order valence-corrected chi connectivity index (χ2v) is 6.95. The van der Waals surface area contributed by atoms with Crippen LogP contribution >= 0.6 is 11.3 Å². The zero-order valence-electron chi connectivity index (χ0n) is 12.5. The number of amides is 1. The number of aryl methyl sites for hydroxylation is 1. The van der Waals surface area contributed by atoms with E-state index in [9.17, 15) is 9.18 Å². The molecule has 5 nitrogen and oxygen atoms in total. The number of thiophene rings is 1. The van der Waals surface area contributed by atoms with E-state index in [-0.39, 0.29) is 11.7 Å². The number of hydrogen-bond acceptors (Lipinski definition) is 4. The lowest BCUT2D eigenvalue weighted by molar-refractivity contribution is 0.0813. The maximum atomic E-state index is 14.0. The van der Waals surface area contributed by atoms with Gasteiger partial charge in [-0.1, -0.05) is 6.07 Å². The normalized spacial score (nSPS) is 16.3. The van der Waals surface area contributed by atoms with E-state index in [0.717, 1.165) is 24.0 Å². The molecule has 0 saturated heterocycles. The smallest absolute Gasteiger partial charge is 0.262 e. The summed E-state index contributed by atoms with van der Waals surface area (Å²) in [5, 5.41) is 10.4. The molecule has 1 aliphatic carbocycles. The highest BCUT2D eigenvalue weighted by Gasteiger charge is 2.43. The van der Waals surface area contributed by atoms with E-state index < -0.39 is 5.54 Å². The second-order valence-electron chi connectivity index (χ2n) is 5.89. The molecular weight excluding hydrogens is 315 g/mol. The SMILES string of the molecule is Cc1c(C(=O)NC2(c3ncn[nH]3)CCC2)sc2cccc(F)c12. The van der Waals surface area contributed by atoms with Crippen molar-refractivity contribution in [3.8, 4) is 0 Å². The molecule has 1 aromatic carbocycles. The summed E-state index contributed by atoms with van der Waals surface area (Å²) >= 11 is 1.32. The van der Waals surface area contributed by atoms with Crippen LogP contribution in [0.4, 0.5) is 4.39 Å². The Kier molecular flexibility index (Phi) is 3.19. The Balaban J connectivity index is 1.70. The van der Waals surface area contributed by atoms with E-state index >= 15 is 0 Å². The van der Waals surface area contributed by atoms with Crippen molar-refractivity contribution in [2.24, 2.45) is 0 Å². The van der Waals surface area contributed by atoms with Crippen LogP contribution in [0.2, 0.25) is 0 Å². The average Bonchev–Trinajstić information content (AvgIpc) is 3.12. The van der Waals surface area contributed by atoms with Crippen LogP contribution in [0.5, 0.6) is 0 Å². The van der Waals surface area contributed by atoms with Crippen LogP contribution in [-0.4, -0.2) is 21.1 Å². The summed E-state index contributed by atoms with van der Waals surface area (Å²) in [7, 11) is 0. The van der Waals surface area contributed by atoms with E-state index in [4.69, 9.17) is 0 Å². The van der Waals surface area contributed by atoms with Gasteiger partial charge in [-0.25, -0.2) is 9.37 Å². The number of nitrogens with one attached hydrogen (secondary N) is 2. The molecule has 1 saturated carbocycles. The quantitative estimate of drug-likeness (QED) is 0.774. The molecule has 0 atom stereocenters. The van der Waals surface area contributed by atoms with Gasteiger partial charge in [-0.05, 0) is 43.9 Å². The predicted molar refractivity (Wildman–Crippen MR) is 85.9 cm³/mol. The van der Waals surface area contributed by atoms with Crippen LogP contribution < -0.4 is 5.32 Å². The van der Waals surface area contributed by atoms with E-state index in [2.05, 4.69) is 20.5 Å². The van der Waals surface area contributed by atoms with Gasteiger partial charge in [0.2, 0.25) is 0 Å². The number of aromatic nitrogens is 3. The van der Waals surface area contributed by atoms with Gasteiger partial charge < -0.3 is 5.32 Å². The summed E-state index contributed by atoms with van der Waals surface area (Å²) in [4.78, 5) is 17.5. The third-order valence-electron chi connectivity index (χ3n) is 4.54. The van der Waals surface area contributed by atoms with Crippen molar-refractivity contribution in [1.82, 2.24) is 20.5 Å². The van der Waals surface area contributed by atoms with E-state index in [1.807, 2.05) is 6.07 Å². The van der Waals surface area contributed by atoms with Gasteiger partial charge in [0.05, 0.1) is 10.4 Å². The fourth-order valence-electron chi connectivity index (χ4n) is 3.13. The number of H-pyrrole nitrogens is 1. The van der Waals surface area contributed by atoms with Crippen molar-refractivity contribution in [2.75, 3.05) is 0 Å². The van der Waals surface area contributed by atoms with Crippen LogP contribution in [0.25, 0.3) is 10.1 Å². The fourth-order valence-corrected chi connectivity index (χ4v) is 4.25. The van der Waals surface area contributed by atoms with Gasteiger partial charge >= 0.3 is 0 Å². The highest BCUT2D eigenvalue weighted by Crippen LogP contribution is 2.40. The standard InChI is InChI=1S/C16H15FN4OS/c1-9-12-10(17)4-2-5-11(12)23-13(9)14(22)20-16(6-3-7-16)15-18-8-19-21-15/h2,4-5,8H,3,6-7H2,1H3,(H,20,22)(H,18,19,21). The number of nitrogens with zero attached hydrogens (tertiary/aromatic N) is 2. The first kappa shape index (κ1) is 14.3. The summed E-state index contributed by atoms with van der Waals surface area (Å²) in [6, 6.07) is 4.92. The molecule has 1 amide bonds. The molecule has 2 aromatic heterocycles. The number of hydrogen-bond donors (Lipinski definition) is 2. The summed E-state index contributed by atoms with van der Waals surface area (Å²) in [5.41, 5.74) is 0.210. The zero-order chi connectivity index (χ0) is 16.0. The highest BCUT2D eigenvalue weighted by atomic mass is 32.1. The lowest BCUT2D eigenvalue weighted by Crippen LogP contribution is -2.51. The maximum absolute atomic E-state index is 14.0. The number of rotatable bonds is 3. The first-order valence-electron chi connectivity index (χ1n) is 7.47. The number of benzene rings is 1. The van der Waals surface area contributed by atoms with E-state index in [1.54, 1.807) is 13.0 Å². The Morgan fingerprint density at radius 3 is 2.87 bits per heavy atom. The minimum atomic E-state index is -0.477. The molecule has 4 rings (SSSR count). The largest absolute Gasteiger partial charge is 0.339 e. The minimum Gasteiger partial charge on any atom is -0.339 e. The number of carbonyl (C=O) groups excluding carboxylic acids is 1. The Morgan fingerprint density at radius 1 is 1.43 bits per heavy atom. The van der Waals surface area contributed by atoms with Crippen molar-refractivity contribution < 1.29 is 9.18 Å². The van der Waals surface area contributed by atoms with Crippen molar-refractivity contribution >= 4 is 27.3 Å². The number of fused-ring (bicyclic) bond motifs is 1. The van der Waals surface area contributed by atoms with Gasteiger partial charge in [-0.15, -0.1) is 11.3 Å². The Bertz CT molecular complexity index is 883. The first-order chi connectivity index (χ1) is 11.1. The predicted octanol–water partition coefficient (Wildman–Crippen LogP) is 3.28. The molecule has 1 aliphatic rings. The molecule has 23 heavy (non-hydrogen) atoms. The molecule has 0 unspecified atom stereocenters. The van der Waals surface area contributed by atoms with Crippen molar-refractivity contribution in [3.05, 3.63) is 46.6 Å². The summed E-state index contributed by atoms with van der Waals surface area (Å²) in [5.74, 6) is 0.213. The van der Waals surface area contributed by atoms with Gasteiger partial charge in [0.1, 0.15) is 18.0 Å². The highest BCUT2D eigenvalue weighted by molar-refractivity contribution is 7.21. The summed E-state index contributed by atoms with van der Waals surface area (Å²) < 4.78 is 14.8. The first-order valence-corrected chi connectivity index (χ1v) is 8.28. The van der Waals surface area contributed by atoms with Crippen molar-refractivity contribution in [3.63, 3.8) is 0 Å². The van der Waals surface area contributed by atoms with Gasteiger partial charge in [0.15, 0.2) is 0 Å². The van der Waals surface area contributed by atoms with Crippen molar-refractivity contribution in [2.45, 2.75) is 31.7 Å². The Labute approximate surface area is 135 Å². The molecule has 2 N–H and O–H groups in total. The Morgan fingerprint density at radius 2 is 2.26 bits per heavy atom. The van der Waals surface area contributed by atoms with Gasteiger partial charge in [0.25, 0.3) is 5.91 Å². The second kappa shape index (κ2) is 5.13. The van der Waals surface area contributed by atoms with E-state index in [0.29, 0.717) is 21.7 Å². The molecule has 0 bridgehead atoms. The number of aromatic amines is 1. The molecule has 0 radical (unpaired) electrons. The monoisotopic (exact) mass is 330 g/mol. The molecule has 3 aromatic rings. The lowest BCUT2D eigenvalue weighted by atomic mass is 9.76.